The van der Waals surface area contributed by atoms with E-state index >= 15 is 0 Å². The number of halogens is 1. The highest BCUT2D eigenvalue weighted by Gasteiger charge is 2.45. The number of methoxy groups -OCH3 is 2. The van der Waals surface area contributed by atoms with Crippen LogP contribution in [-0.2, 0) is 19.1 Å². The van der Waals surface area contributed by atoms with Crippen molar-refractivity contribution >= 4 is 29.3 Å². The summed E-state index contributed by atoms with van der Waals surface area (Å²) in [7, 11) is 2.41. The molecule has 5 nitrogen and oxygen atoms in total. The van der Waals surface area contributed by atoms with Gasteiger partial charge in [0.05, 0.1) is 20.1 Å². The lowest BCUT2D eigenvalue weighted by atomic mass is 9.70. The van der Waals surface area contributed by atoms with Crippen molar-refractivity contribution in [1.29, 1.82) is 0 Å². The Balaban J connectivity index is 2.27. The molecule has 0 radical (unpaired) electrons. The van der Waals surface area contributed by atoms with Crippen LogP contribution < -0.4 is 0 Å². The second-order valence-corrected chi connectivity index (χ2v) is 8.16. The first kappa shape index (κ1) is 24.2. The first-order valence-electron chi connectivity index (χ1n) is 10.4. The Labute approximate surface area is 198 Å². The molecule has 3 rings (SSSR count). The summed E-state index contributed by atoms with van der Waals surface area (Å²) in [5.74, 6) is -4.89. The van der Waals surface area contributed by atoms with E-state index in [1.165, 1.54) is 14.2 Å². The van der Waals surface area contributed by atoms with Crippen molar-refractivity contribution in [3.63, 3.8) is 0 Å². The first-order valence-corrected chi connectivity index (χ1v) is 10.8. The molecule has 0 aliphatic rings. The molecule has 0 heterocycles. The van der Waals surface area contributed by atoms with Gasteiger partial charge >= 0.3 is 11.9 Å². The molecule has 0 N–H and O–H groups in total. The number of rotatable bonds is 8. The lowest BCUT2D eigenvalue weighted by molar-refractivity contribution is -0.160. The first-order chi connectivity index (χ1) is 15.9. The molecule has 2 atom stereocenters. The number of esters is 2. The zero-order valence-corrected chi connectivity index (χ0v) is 19.4. The van der Waals surface area contributed by atoms with Crippen LogP contribution in [0.5, 0.6) is 0 Å². The van der Waals surface area contributed by atoms with Gasteiger partial charge in [0.25, 0.3) is 0 Å². The standard InChI is InChI=1S/C27H25ClO5/c1-17-9-11-20(12-10-17)25(29)23(18-7-5-4-6-8-18)22(19-13-15-21(28)16-14-19)24(26(30)32-2)27(31)33-3/h4-16,22-24H,1-3H3/t22-,23-/m0/s1. The van der Waals surface area contributed by atoms with E-state index in [9.17, 15) is 14.4 Å². The van der Waals surface area contributed by atoms with Crippen LogP contribution in [0.15, 0.2) is 78.9 Å². The third-order valence-corrected chi connectivity index (χ3v) is 5.91. The molecule has 0 bridgehead atoms. The minimum atomic E-state index is -1.36. The van der Waals surface area contributed by atoms with Crippen LogP contribution in [0.1, 0.15) is 38.9 Å². The molecule has 0 aliphatic carbocycles. The topological polar surface area (TPSA) is 69.7 Å². The van der Waals surface area contributed by atoms with Gasteiger partial charge in [0.1, 0.15) is 0 Å². The SMILES string of the molecule is COC(=O)C(C(=O)OC)[C@@H](c1ccc(Cl)cc1)[C@@H](C(=O)c1ccc(C)cc1)c1ccccc1. The summed E-state index contributed by atoms with van der Waals surface area (Å²) < 4.78 is 9.94. The largest absolute Gasteiger partial charge is 0.468 e. The fourth-order valence-electron chi connectivity index (χ4n) is 3.99. The predicted octanol–water partition coefficient (Wildman–Crippen LogP) is 5.36. The Bertz CT molecular complexity index is 1090. The van der Waals surface area contributed by atoms with E-state index in [0.29, 0.717) is 21.7 Å². The Kier molecular flexibility index (Phi) is 8.01. The molecule has 6 heteroatoms. The molecule has 0 saturated carbocycles. The molecule has 0 unspecified atom stereocenters. The van der Waals surface area contributed by atoms with E-state index in [1.807, 2.05) is 49.4 Å². The fraction of sp³-hybridized carbons (Fsp3) is 0.222. The highest BCUT2D eigenvalue weighted by molar-refractivity contribution is 6.30. The maximum atomic E-state index is 13.9. The van der Waals surface area contributed by atoms with E-state index < -0.39 is 29.7 Å². The Morgan fingerprint density at radius 3 is 1.79 bits per heavy atom. The van der Waals surface area contributed by atoms with Crippen molar-refractivity contribution in [3.05, 3.63) is 106 Å². The molecule has 3 aromatic rings. The van der Waals surface area contributed by atoms with Gasteiger partial charge in [-0.3, -0.25) is 14.4 Å². The lowest BCUT2D eigenvalue weighted by Gasteiger charge is -2.31. The maximum Gasteiger partial charge on any atom is 0.320 e. The monoisotopic (exact) mass is 464 g/mol. The summed E-state index contributed by atoms with van der Waals surface area (Å²) in [4.78, 5) is 39.7. The van der Waals surface area contributed by atoms with Gasteiger partial charge in [0.2, 0.25) is 0 Å². The van der Waals surface area contributed by atoms with Crippen molar-refractivity contribution in [1.82, 2.24) is 0 Å². The van der Waals surface area contributed by atoms with Crippen LogP contribution in [0.2, 0.25) is 5.02 Å². The highest BCUT2D eigenvalue weighted by Crippen LogP contribution is 2.42. The summed E-state index contributed by atoms with van der Waals surface area (Å²) in [6, 6.07) is 23.0. The lowest BCUT2D eigenvalue weighted by Crippen LogP contribution is -2.37. The summed E-state index contributed by atoms with van der Waals surface area (Å²) >= 11 is 6.10. The van der Waals surface area contributed by atoms with E-state index in [-0.39, 0.29) is 5.78 Å². The predicted molar refractivity (Wildman–Crippen MR) is 126 cm³/mol. The third kappa shape index (κ3) is 5.49. The van der Waals surface area contributed by atoms with Crippen molar-refractivity contribution in [2.45, 2.75) is 18.8 Å². The minimum absolute atomic E-state index is 0.223. The maximum absolute atomic E-state index is 13.9. The third-order valence-electron chi connectivity index (χ3n) is 5.66. The smallest absolute Gasteiger partial charge is 0.320 e. The van der Waals surface area contributed by atoms with Gasteiger partial charge in [-0.15, -0.1) is 0 Å². The van der Waals surface area contributed by atoms with E-state index in [4.69, 9.17) is 21.1 Å². The molecule has 33 heavy (non-hydrogen) atoms. The van der Waals surface area contributed by atoms with Crippen LogP contribution in [-0.4, -0.2) is 31.9 Å². The molecular weight excluding hydrogens is 440 g/mol. The molecule has 0 aliphatic heterocycles. The summed E-state index contributed by atoms with van der Waals surface area (Å²) in [6.07, 6.45) is 0. The average molecular weight is 465 g/mol. The van der Waals surface area contributed by atoms with Crippen LogP contribution in [0, 0.1) is 12.8 Å². The molecule has 0 amide bonds. The highest BCUT2D eigenvalue weighted by atomic mass is 35.5. The van der Waals surface area contributed by atoms with Gasteiger partial charge in [-0.05, 0) is 30.2 Å². The Morgan fingerprint density at radius 2 is 1.27 bits per heavy atom. The summed E-state index contributed by atoms with van der Waals surface area (Å²) in [5.41, 5.74) is 2.75. The molecule has 0 fully saturated rings. The van der Waals surface area contributed by atoms with Crippen molar-refractivity contribution in [2.24, 2.45) is 5.92 Å². The van der Waals surface area contributed by atoms with Gasteiger partial charge in [-0.25, -0.2) is 0 Å². The van der Waals surface area contributed by atoms with Gasteiger partial charge in [-0.1, -0.05) is 83.9 Å². The van der Waals surface area contributed by atoms with Gasteiger partial charge in [0, 0.05) is 16.5 Å². The molecule has 3 aromatic carbocycles. The minimum Gasteiger partial charge on any atom is -0.468 e. The quantitative estimate of drug-likeness (QED) is 0.255. The Morgan fingerprint density at radius 1 is 0.727 bits per heavy atom. The van der Waals surface area contributed by atoms with E-state index in [1.54, 1.807) is 36.4 Å². The van der Waals surface area contributed by atoms with Crippen LogP contribution in [0.3, 0.4) is 0 Å². The van der Waals surface area contributed by atoms with Crippen molar-refractivity contribution in [2.75, 3.05) is 14.2 Å². The van der Waals surface area contributed by atoms with Gasteiger partial charge in [-0.2, -0.15) is 0 Å². The number of carbonyl (C=O) groups is 3. The van der Waals surface area contributed by atoms with E-state index in [0.717, 1.165) is 5.56 Å². The molecular formula is C27H25ClO5. The molecule has 0 saturated heterocycles. The number of Topliss-reactive ketones (excluding diaryl/α,β-unsaturated/α-hetero) is 1. The summed E-state index contributed by atoms with van der Waals surface area (Å²) in [5, 5.41) is 0.492. The molecule has 0 aromatic heterocycles. The Hall–Kier alpha value is -3.44. The number of carbonyl (C=O) groups excluding carboxylic acids is 3. The fourth-order valence-corrected chi connectivity index (χ4v) is 4.11. The van der Waals surface area contributed by atoms with Gasteiger partial charge in [0.15, 0.2) is 11.7 Å². The van der Waals surface area contributed by atoms with Crippen LogP contribution >= 0.6 is 11.6 Å². The second kappa shape index (κ2) is 10.9. The number of hydrogen-bond donors (Lipinski definition) is 0. The number of aryl methyl sites for hydroxylation is 1. The zero-order chi connectivity index (χ0) is 24.0. The van der Waals surface area contributed by atoms with Crippen molar-refractivity contribution < 1.29 is 23.9 Å². The molecule has 0 spiro atoms. The number of benzene rings is 3. The van der Waals surface area contributed by atoms with Gasteiger partial charge < -0.3 is 9.47 Å². The average Bonchev–Trinajstić information content (AvgIpc) is 2.84. The molecule has 170 valence electrons. The van der Waals surface area contributed by atoms with E-state index in [2.05, 4.69) is 0 Å². The van der Waals surface area contributed by atoms with Crippen LogP contribution in [0.25, 0.3) is 0 Å². The zero-order valence-electron chi connectivity index (χ0n) is 18.7. The second-order valence-electron chi connectivity index (χ2n) is 7.72. The number of hydrogen-bond acceptors (Lipinski definition) is 5. The number of ketones is 1. The van der Waals surface area contributed by atoms with Crippen LogP contribution in [0.4, 0.5) is 0 Å². The number of ether oxygens (including phenoxy) is 2. The summed E-state index contributed by atoms with van der Waals surface area (Å²) in [6.45, 7) is 1.93. The normalized spacial score (nSPS) is 12.6. The van der Waals surface area contributed by atoms with Crippen molar-refractivity contribution in [3.8, 4) is 0 Å².